The summed E-state index contributed by atoms with van der Waals surface area (Å²) in [5.41, 5.74) is 1.16. The lowest BCUT2D eigenvalue weighted by Gasteiger charge is -2.24. The Bertz CT molecular complexity index is 431. The fraction of sp³-hybridized carbons (Fsp3) is 0.462. The summed E-state index contributed by atoms with van der Waals surface area (Å²) in [6, 6.07) is 6.02. The molecule has 0 aliphatic carbocycles. The molecule has 1 aromatic carbocycles. The smallest absolute Gasteiger partial charge is 0.338 e. The van der Waals surface area contributed by atoms with Crippen LogP contribution < -0.4 is 5.32 Å². The third-order valence-corrected chi connectivity index (χ3v) is 4.98. The van der Waals surface area contributed by atoms with Crippen molar-refractivity contribution in [3.05, 3.63) is 23.8 Å². The molecule has 1 fully saturated rings. The van der Waals surface area contributed by atoms with Gasteiger partial charge in [0.25, 0.3) is 0 Å². The van der Waals surface area contributed by atoms with Crippen molar-refractivity contribution in [3.8, 4) is 0 Å². The van der Waals surface area contributed by atoms with Crippen molar-refractivity contribution in [3.63, 3.8) is 0 Å². The highest BCUT2D eigenvalue weighted by Gasteiger charge is 2.19. The normalized spacial score (nSPS) is 19.5. The van der Waals surface area contributed by atoms with Crippen LogP contribution in [-0.2, 0) is 0 Å². The molecule has 2 rings (SSSR count). The Balaban J connectivity index is 2.23. The van der Waals surface area contributed by atoms with E-state index in [4.69, 9.17) is 0 Å². The zero-order chi connectivity index (χ0) is 13.0. The van der Waals surface area contributed by atoms with Crippen molar-refractivity contribution in [2.24, 2.45) is 0 Å². The molecule has 0 aromatic heterocycles. The lowest BCUT2D eigenvalue weighted by Crippen LogP contribution is -2.26. The Morgan fingerprint density at radius 2 is 2.39 bits per heavy atom. The fourth-order valence-electron chi connectivity index (χ4n) is 2.12. The molecule has 0 saturated carbocycles. The predicted molar refractivity (Wildman–Crippen MR) is 79.2 cm³/mol. The summed E-state index contributed by atoms with van der Waals surface area (Å²) in [4.78, 5) is 12.2. The summed E-state index contributed by atoms with van der Waals surface area (Å²) < 4.78 is 0. The average Bonchev–Trinajstić information content (AvgIpc) is 2.39. The first-order valence-corrected chi connectivity index (χ1v) is 8.35. The van der Waals surface area contributed by atoms with E-state index in [1.165, 1.54) is 23.9 Å². The van der Waals surface area contributed by atoms with Crippen LogP contribution in [-0.4, -0.2) is 34.9 Å². The van der Waals surface area contributed by atoms with Gasteiger partial charge in [-0.25, -0.2) is 4.79 Å². The Morgan fingerprint density at radius 3 is 3.00 bits per heavy atom. The number of carboxylic acids is 1. The molecule has 1 aliphatic rings. The number of benzene rings is 1. The van der Waals surface area contributed by atoms with Gasteiger partial charge in [-0.1, -0.05) is 6.07 Å². The number of hydrogen-bond donors (Lipinski definition) is 2. The molecule has 2 N–H and O–H groups in total. The van der Waals surface area contributed by atoms with Crippen LogP contribution in [0.3, 0.4) is 0 Å². The molecule has 1 aliphatic heterocycles. The number of rotatable bonds is 4. The minimum atomic E-state index is -0.856. The second-order valence-corrected chi connectivity index (χ2v) is 6.24. The molecule has 5 heteroatoms. The molecule has 18 heavy (non-hydrogen) atoms. The maximum absolute atomic E-state index is 11.4. The molecule has 0 amide bonds. The summed E-state index contributed by atoms with van der Waals surface area (Å²) in [5, 5.41) is 12.7. The third-order valence-electron chi connectivity index (χ3n) is 2.98. The van der Waals surface area contributed by atoms with Crippen molar-refractivity contribution in [2.75, 3.05) is 23.1 Å². The van der Waals surface area contributed by atoms with Gasteiger partial charge >= 0.3 is 5.97 Å². The van der Waals surface area contributed by atoms with Crippen LogP contribution >= 0.6 is 23.5 Å². The van der Waals surface area contributed by atoms with Crippen molar-refractivity contribution < 1.29 is 9.90 Å². The van der Waals surface area contributed by atoms with Gasteiger partial charge in [0, 0.05) is 16.7 Å². The Morgan fingerprint density at radius 1 is 1.56 bits per heavy atom. The number of carbonyl (C=O) groups is 1. The SMILES string of the molecule is CSc1cccc(NC2CCCSC2)c1C(=O)O. The minimum absolute atomic E-state index is 0.388. The van der Waals surface area contributed by atoms with Crippen LogP contribution in [0.1, 0.15) is 23.2 Å². The maximum atomic E-state index is 11.4. The first kappa shape index (κ1) is 13.6. The van der Waals surface area contributed by atoms with E-state index < -0.39 is 5.97 Å². The quantitative estimate of drug-likeness (QED) is 0.829. The fourth-order valence-corrected chi connectivity index (χ4v) is 3.80. The molecule has 1 heterocycles. The standard InChI is InChI=1S/C13H17NO2S2/c1-17-11-6-2-5-10(12(11)13(15)16)14-9-4-3-7-18-8-9/h2,5-6,9,14H,3-4,7-8H2,1H3,(H,15,16). The molecular formula is C13H17NO2S2. The second kappa shape index (κ2) is 6.38. The first-order valence-electron chi connectivity index (χ1n) is 5.97. The monoisotopic (exact) mass is 283 g/mol. The summed E-state index contributed by atoms with van der Waals surface area (Å²) in [6.07, 6.45) is 4.23. The van der Waals surface area contributed by atoms with E-state index in [0.29, 0.717) is 11.6 Å². The highest BCUT2D eigenvalue weighted by atomic mass is 32.2. The lowest BCUT2D eigenvalue weighted by molar-refractivity contribution is 0.0694. The predicted octanol–water partition coefficient (Wildman–Crippen LogP) is 3.41. The Kier molecular flexibility index (Phi) is 4.83. The second-order valence-electron chi connectivity index (χ2n) is 4.25. The molecule has 98 valence electrons. The van der Waals surface area contributed by atoms with E-state index in [1.54, 1.807) is 0 Å². The van der Waals surface area contributed by atoms with E-state index in [2.05, 4.69) is 5.32 Å². The van der Waals surface area contributed by atoms with E-state index in [9.17, 15) is 9.90 Å². The van der Waals surface area contributed by atoms with Crippen molar-refractivity contribution in [1.82, 2.24) is 0 Å². The van der Waals surface area contributed by atoms with Crippen molar-refractivity contribution in [2.45, 2.75) is 23.8 Å². The molecule has 0 bridgehead atoms. The topological polar surface area (TPSA) is 49.3 Å². The van der Waals surface area contributed by atoms with Crippen LogP contribution in [0.25, 0.3) is 0 Å². The highest BCUT2D eigenvalue weighted by molar-refractivity contribution is 7.99. The van der Waals surface area contributed by atoms with Crippen molar-refractivity contribution >= 4 is 35.2 Å². The van der Waals surface area contributed by atoms with Gasteiger partial charge in [0.1, 0.15) is 0 Å². The van der Waals surface area contributed by atoms with Crippen LogP contribution in [0.15, 0.2) is 23.1 Å². The molecular weight excluding hydrogens is 266 g/mol. The largest absolute Gasteiger partial charge is 0.478 e. The first-order chi connectivity index (χ1) is 8.72. The zero-order valence-corrected chi connectivity index (χ0v) is 11.9. The van der Waals surface area contributed by atoms with E-state index >= 15 is 0 Å². The van der Waals surface area contributed by atoms with Crippen LogP contribution in [0.4, 0.5) is 5.69 Å². The Labute approximate surface area is 116 Å². The number of carboxylic acid groups (broad SMARTS) is 1. The number of aromatic carboxylic acids is 1. The van der Waals surface area contributed by atoms with E-state index in [0.717, 1.165) is 22.8 Å². The highest BCUT2D eigenvalue weighted by Crippen LogP contribution is 2.29. The van der Waals surface area contributed by atoms with Gasteiger partial charge in [-0.3, -0.25) is 0 Å². The van der Waals surface area contributed by atoms with Crippen molar-refractivity contribution in [1.29, 1.82) is 0 Å². The summed E-state index contributed by atoms with van der Waals surface area (Å²) in [6.45, 7) is 0. The van der Waals surface area contributed by atoms with Gasteiger partial charge in [0.15, 0.2) is 0 Å². The minimum Gasteiger partial charge on any atom is -0.478 e. The molecule has 3 nitrogen and oxygen atoms in total. The molecule has 1 atom stereocenters. The summed E-state index contributed by atoms with van der Waals surface area (Å²) in [5.74, 6) is 1.42. The number of thioether (sulfide) groups is 2. The van der Waals surface area contributed by atoms with Crippen LogP contribution in [0.2, 0.25) is 0 Å². The van der Waals surface area contributed by atoms with Gasteiger partial charge < -0.3 is 10.4 Å². The van der Waals surface area contributed by atoms with Gasteiger partial charge in [-0.2, -0.15) is 11.8 Å². The Hall–Kier alpha value is -0.810. The molecule has 1 saturated heterocycles. The number of anilines is 1. The summed E-state index contributed by atoms with van der Waals surface area (Å²) >= 11 is 3.41. The van der Waals surface area contributed by atoms with Crippen LogP contribution in [0, 0.1) is 0 Å². The average molecular weight is 283 g/mol. The van der Waals surface area contributed by atoms with Gasteiger partial charge in [-0.15, -0.1) is 11.8 Å². The lowest BCUT2D eigenvalue weighted by atomic mass is 10.1. The molecule has 0 radical (unpaired) electrons. The molecule has 0 spiro atoms. The van der Waals surface area contributed by atoms with Gasteiger partial charge in [-0.05, 0) is 37.0 Å². The van der Waals surface area contributed by atoms with E-state index in [1.807, 2.05) is 36.2 Å². The maximum Gasteiger partial charge on any atom is 0.338 e. The van der Waals surface area contributed by atoms with Gasteiger partial charge in [0.2, 0.25) is 0 Å². The van der Waals surface area contributed by atoms with Crippen LogP contribution in [0.5, 0.6) is 0 Å². The third kappa shape index (κ3) is 3.14. The summed E-state index contributed by atoms with van der Waals surface area (Å²) in [7, 11) is 0. The molecule has 1 unspecified atom stereocenters. The van der Waals surface area contributed by atoms with E-state index in [-0.39, 0.29) is 0 Å². The number of nitrogens with one attached hydrogen (secondary N) is 1. The molecule has 1 aromatic rings. The van der Waals surface area contributed by atoms with Gasteiger partial charge in [0.05, 0.1) is 11.3 Å². The number of hydrogen-bond acceptors (Lipinski definition) is 4. The zero-order valence-electron chi connectivity index (χ0n) is 10.3.